The first kappa shape index (κ1) is 12.3. The molecule has 0 aromatic carbocycles. The Morgan fingerprint density at radius 3 is 2.69 bits per heavy atom. The Hall–Kier alpha value is -0.120. The lowest BCUT2D eigenvalue weighted by Crippen LogP contribution is -2.64. The van der Waals surface area contributed by atoms with Crippen LogP contribution in [-0.2, 0) is 4.74 Å². The summed E-state index contributed by atoms with van der Waals surface area (Å²) in [6.45, 7) is 7.08. The van der Waals surface area contributed by atoms with Crippen molar-refractivity contribution in [3.8, 4) is 0 Å². The monoisotopic (exact) mass is 226 g/mol. The van der Waals surface area contributed by atoms with Crippen molar-refractivity contribution in [3.05, 3.63) is 0 Å². The zero-order chi connectivity index (χ0) is 11.8. The summed E-state index contributed by atoms with van der Waals surface area (Å²) in [5, 5.41) is 3.82. The summed E-state index contributed by atoms with van der Waals surface area (Å²) < 4.78 is 5.49. The first-order chi connectivity index (χ1) is 7.54. The van der Waals surface area contributed by atoms with E-state index in [4.69, 9.17) is 4.74 Å². The van der Waals surface area contributed by atoms with Gasteiger partial charge in [0.05, 0.1) is 6.10 Å². The van der Waals surface area contributed by atoms with Gasteiger partial charge in [-0.1, -0.05) is 13.8 Å². The lowest BCUT2D eigenvalue weighted by Gasteiger charge is -2.53. The van der Waals surface area contributed by atoms with Crippen LogP contribution in [0.2, 0.25) is 0 Å². The molecule has 3 atom stereocenters. The second kappa shape index (κ2) is 4.63. The highest BCUT2D eigenvalue weighted by molar-refractivity contribution is 5.03. The minimum Gasteiger partial charge on any atom is -0.381 e. The molecule has 0 spiro atoms. The lowest BCUT2D eigenvalue weighted by molar-refractivity contribution is -0.102. The molecule has 2 fully saturated rings. The molecule has 0 aromatic heterocycles. The highest BCUT2D eigenvalue weighted by Crippen LogP contribution is 2.42. The summed E-state index contributed by atoms with van der Waals surface area (Å²) in [6, 6.07) is 1.31. The smallest absolute Gasteiger partial charge is 0.0652 e. The van der Waals surface area contributed by atoms with Gasteiger partial charge in [-0.3, -0.25) is 0 Å². The van der Waals surface area contributed by atoms with Crippen molar-refractivity contribution in [2.24, 2.45) is 5.41 Å². The fourth-order valence-corrected chi connectivity index (χ4v) is 3.16. The third kappa shape index (κ3) is 2.27. The van der Waals surface area contributed by atoms with Crippen LogP contribution in [0.1, 0.15) is 33.1 Å². The normalized spacial score (nSPS) is 39.4. The average Bonchev–Trinajstić information content (AvgIpc) is 2.23. The molecule has 2 aliphatic rings. The Morgan fingerprint density at radius 2 is 2.12 bits per heavy atom. The molecule has 0 radical (unpaired) electrons. The summed E-state index contributed by atoms with van der Waals surface area (Å²) in [4.78, 5) is 2.43. The van der Waals surface area contributed by atoms with Crippen molar-refractivity contribution in [1.82, 2.24) is 10.2 Å². The van der Waals surface area contributed by atoms with Gasteiger partial charge < -0.3 is 15.0 Å². The van der Waals surface area contributed by atoms with Crippen molar-refractivity contribution in [1.29, 1.82) is 0 Å². The Bertz CT molecular complexity index is 242. The van der Waals surface area contributed by atoms with Gasteiger partial charge in [0.2, 0.25) is 0 Å². The highest BCUT2D eigenvalue weighted by atomic mass is 16.5. The molecule has 1 N–H and O–H groups in total. The lowest BCUT2D eigenvalue weighted by atomic mass is 9.64. The third-order valence-electron chi connectivity index (χ3n) is 4.52. The predicted molar refractivity (Wildman–Crippen MR) is 66.6 cm³/mol. The van der Waals surface area contributed by atoms with Crippen LogP contribution in [0.4, 0.5) is 0 Å². The van der Waals surface area contributed by atoms with Crippen LogP contribution >= 0.6 is 0 Å². The molecule has 0 bridgehead atoms. The molecule has 1 aliphatic carbocycles. The van der Waals surface area contributed by atoms with Gasteiger partial charge in [-0.2, -0.15) is 0 Å². The SMILES string of the molecule is COC1CC(NC2CCCN(C)C2)C1(C)C. The fourth-order valence-electron chi connectivity index (χ4n) is 3.16. The van der Waals surface area contributed by atoms with E-state index in [0.717, 1.165) is 0 Å². The zero-order valence-electron chi connectivity index (χ0n) is 11.1. The van der Waals surface area contributed by atoms with Crippen LogP contribution in [0.15, 0.2) is 0 Å². The molecule has 2 rings (SSSR count). The molecule has 1 saturated heterocycles. The van der Waals surface area contributed by atoms with Gasteiger partial charge in [-0.25, -0.2) is 0 Å². The van der Waals surface area contributed by atoms with E-state index in [0.29, 0.717) is 23.6 Å². The van der Waals surface area contributed by atoms with Crippen molar-refractivity contribution in [2.45, 2.75) is 51.3 Å². The summed E-state index contributed by atoms with van der Waals surface area (Å²) in [5.41, 5.74) is 0.296. The van der Waals surface area contributed by atoms with Crippen molar-refractivity contribution in [2.75, 3.05) is 27.2 Å². The van der Waals surface area contributed by atoms with Gasteiger partial charge >= 0.3 is 0 Å². The van der Waals surface area contributed by atoms with Crippen LogP contribution in [0, 0.1) is 5.41 Å². The molecule has 0 amide bonds. The van der Waals surface area contributed by atoms with Gasteiger partial charge in [0.15, 0.2) is 0 Å². The average molecular weight is 226 g/mol. The van der Waals surface area contributed by atoms with Crippen LogP contribution < -0.4 is 5.32 Å². The van der Waals surface area contributed by atoms with E-state index < -0.39 is 0 Å². The number of ether oxygens (including phenoxy) is 1. The summed E-state index contributed by atoms with van der Waals surface area (Å²) in [7, 11) is 4.05. The number of likely N-dealkylation sites (tertiary alicyclic amines) is 1. The van der Waals surface area contributed by atoms with E-state index >= 15 is 0 Å². The van der Waals surface area contributed by atoms with Crippen LogP contribution in [0.25, 0.3) is 0 Å². The largest absolute Gasteiger partial charge is 0.381 e. The number of hydrogen-bond acceptors (Lipinski definition) is 3. The molecule has 3 heteroatoms. The Kier molecular flexibility index (Phi) is 3.57. The van der Waals surface area contributed by atoms with Gasteiger partial charge in [-0.15, -0.1) is 0 Å². The maximum absolute atomic E-state index is 5.49. The second-order valence-electron chi connectivity index (χ2n) is 6.10. The molecule has 16 heavy (non-hydrogen) atoms. The maximum Gasteiger partial charge on any atom is 0.0652 e. The van der Waals surface area contributed by atoms with Crippen molar-refractivity contribution >= 4 is 0 Å². The van der Waals surface area contributed by atoms with E-state index in [1.165, 1.54) is 32.4 Å². The van der Waals surface area contributed by atoms with Crippen LogP contribution in [-0.4, -0.2) is 50.3 Å². The Morgan fingerprint density at radius 1 is 1.38 bits per heavy atom. The molecule has 1 heterocycles. The third-order valence-corrected chi connectivity index (χ3v) is 4.52. The first-order valence-corrected chi connectivity index (χ1v) is 6.51. The topological polar surface area (TPSA) is 24.5 Å². The first-order valence-electron chi connectivity index (χ1n) is 6.51. The summed E-state index contributed by atoms with van der Waals surface area (Å²) in [5.74, 6) is 0. The number of methoxy groups -OCH3 is 1. The molecule has 3 unspecified atom stereocenters. The number of hydrogen-bond donors (Lipinski definition) is 1. The standard InChI is InChI=1S/C13H26N2O/c1-13(2)11(8-12(13)16-4)14-10-6-5-7-15(3)9-10/h10-12,14H,5-9H2,1-4H3. The van der Waals surface area contributed by atoms with Gasteiger partial charge in [0.1, 0.15) is 0 Å². The molecular formula is C13H26N2O. The van der Waals surface area contributed by atoms with E-state index in [9.17, 15) is 0 Å². The maximum atomic E-state index is 5.49. The number of rotatable bonds is 3. The molecular weight excluding hydrogens is 200 g/mol. The minimum absolute atomic E-state index is 0.296. The van der Waals surface area contributed by atoms with Gasteiger partial charge in [0, 0.05) is 31.2 Å². The number of nitrogens with one attached hydrogen (secondary N) is 1. The van der Waals surface area contributed by atoms with Crippen LogP contribution in [0.3, 0.4) is 0 Å². The quantitative estimate of drug-likeness (QED) is 0.789. The molecule has 0 aromatic rings. The molecule has 94 valence electrons. The fraction of sp³-hybridized carbons (Fsp3) is 1.00. The molecule has 1 saturated carbocycles. The van der Waals surface area contributed by atoms with E-state index in [1.54, 1.807) is 0 Å². The van der Waals surface area contributed by atoms with Crippen molar-refractivity contribution in [3.63, 3.8) is 0 Å². The van der Waals surface area contributed by atoms with E-state index in [1.807, 2.05) is 7.11 Å². The Balaban J connectivity index is 1.82. The minimum atomic E-state index is 0.296. The van der Waals surface area contributed by atoms with Gasteiger partial charge in [0.25, 0.3) is 0 Å². The van der Waals surface area contributed by atoms with E-state index in [-0.39, 0.29) is 0 Å². The number of nitrogens with zero attached hydrogens (tertiary/aromatic N) is 1. The predicted octanol–water partition coefficient (Wildman–Crippen LogP) is 1.48. The number of likely N-dealkylation sites (N-methyl/N-ethyl adjacent to an activating group) is 1. The number of piperidine rings is 1. The Labute approximate surface area is 99.5 Å². The molecule has 3 nitrogen and oxygen atoms in total. The van der Waals surface area contributed by atoms with E-state index in [2.05, 4.69) is 31.1 Å². The highest BCUT2D eigenvalue weighted by Gasteiger charge is 2.48. The summed E-state index contributed by atoms with van der Waals surface area (Å²) in [6.07, 6.45) is 4.26. The second-order valence-corrected chi connectivity index (χ2v) is 6.10. The van der Waals surface area contributed by atoms with Crippen LogP contribution in [0.5, 0.6) is 0 Å². The van der Waals surface area contributed by atoms with Gasteiger partial charge in [-0.05, 0) is 32.9 Å². The zero-order valence-corrected chi connectivity index (χ0v) is 11.1. The van der Waals surface area contributed by atoms with Crippen molar-refractivity contribution < 1.29 is 4.74 Å². The molecule has 1 aliphatic heterocycles. The summed E-state index contributed by atoms with van der Waals surface area (Å²) >= 11 is 0.